The van der Waals surface area contributed by atoms with E-state index in [0.717, 1.165) is 94.9 Å². The minimum absolute atomic E-state index is 0.0445. The van der Waals surface area contributed by atoms with Crippen LogP contribution in [0.2, 0.25) is 0 Å². The molecule has 0 saturated carbocycles. The number of imidazole rings is 1. The minimum Gasteiger partial charge on any atom is -0.458 e. The van der Waals surface area contributed by atoms with Crippen LogP contribution in [0.15, 0.2) is 231 Å². The Morgan fingerprint density at radius 2 is 0.893 bits per heavy atom. The largest absolute Gasteiger partial charge is 0.458 e. The summed E-state index contributed by atoms with van der Waals surface area (Å²) < 4.78 is 16.4. The average molecular weight is 1090 g/mol. The molecule has 1 aliphatic heterocycles. The molecule has 10 aromatic carbocycles. The van der Waals surface area contributed by atoms with Crippen molar-refractivity contribution in [1.82, 2.24) is 18.7 Å². The van der Waals surface area contributed by atoms with E-state index < -0.39 is 0 Å². The van der Waals surface area contributed by atoms with E-state index >= 15 is 0 Å². The van der Waals surface area contributed by atoms with Crippen molar-refractivity contribution in [2.24, 2.45) is 0 Å². The number of para-hydroxylation sites is 4. The maximum absolute atomic E-state index is 7.05. The van der Waals surface area contributed by atoms with Gasteiger partial charge in [0, 0.05) is 33.8 Å². The Labute approximate surface area is 491 Å². The first-order valence-electron chi connectivity index (χ1n) is 29.3. The molecule has 0 spiro atoms. The van der Waals surface area contributed by atoms with Crippen LogP contribution >= 0.6 is 0 Å². The van der Waals surface area contributed by atoms with Gasteiger partial charge in [0.05, 0.1) is 50.2 Å². The van der Waals surface area contributed by atoms with Gasteiger partial charge in [-0.15, -0.1) is 0 Å². The van der Waals surface area contributed by atoms with Gasteiger partial charge < -0.3 is 9.30 Å². The standard InChI is InChI=1S/C78H65N5O/c1-76(2,3)51-38-39-79-73(45-51)83-69-34-19-16-30-63(69)64-37-36-56(47-71(64)83)84-55-23-20-22-54(46-55)80-48-81-74-65(31-21-35-70(74)82-67-32-17-14-28-61(67)62-29-15-18-33-68(62)82)59-26-12-10-24-57(59)58-25-11-13-27-60(58)66-42-50(43-72(80)75(66)81)49-40-52(77(4,5)6)44-53(41-49)78(7,8)9/h10-47H,1-9H3. The molecule has 14 aromatic rings. The van der Waals surface area contributed by atoms with E-state index in [9.17, 15) is 0 Å². The number of benzene rings is 10. The molecule has 0 aliphatic carbocycles. The number of hydrogen-bond acceptors (Lipinski definition) is 2. The average Bonchev–Trinajstić information content (AvgIpc) is 1.75. The summed E-state index contributed by atoms with van der Waals surface area (Å²) in [6.07, 6.45) is 6.06. The van der Waals surface area contributed by atoms with Crippen LogP contribution in [0.4, 0.5) is 0 Å². The SMILES string of the molecule is CC(C)(C)c1cc(-c2cc3c4c(c2)n(-c2cccc(Oc5ccc6c7ccccc7n(-c7cc(C(C)(C)C)ccn7)c6c5)c2)[c-][n+]4-c2c(cccc2-n2c4ccccc4c4ccccc42)-c2ccccc2-c2ccccc2-3)cc(C(C)(C)C)c1. The summed E-state index contributed by atoms with van der Waals surface area (Å²) >= 11 is 0. The van der Waals surface area contributed by atoms with Gasteiger partial charge in [0.1, 0.15) is 17.3 Å². The molecule has 15 rings (SSSR count). The fourth-order valence-electron chi connectivity index (χ4n) is 13.0. The second-order valence-electron chi connectivity index (χ2n) is 25.9. The molecule has 84 heavy (non-hydrogen) atoms. The third-order valence-corrected chi connectivity index (χ3v) is 17.3. The fraction of sp³-hybridized carbons (Fsp3) is 0.154. The molecule has 0 saturated heterocycles. The zero-order valence-corrected chi connectivity index (χ0v) is 49.1. The predicted molar refractivity (Wildman–Crippen MR) is 348 cm³/mol. The maximum atomic E-state index is 7.05. The van der Waals surface area contributed by atoms with Crippen LogP contribution in [0.25, 0.3) is 122 Å². The Morgan fingerprint density at radius 1 is 0.381 bits per heavy atom. The van der Waals surface area contributed by atoms with Crippen molar-refractivity contribution in [3.63, 3.8) is 0 Å². The molecule has 0 fully saturated rings. The summed E-state index contributed by atoms with van der Waals surface area (Å²) in [6.45, 7) is 20.7. The van der Waals surface area contributed by atoms with Crippen molar-refractivity contribution in [1.29, 1.82) is 0 Å². The van der Waals surface area contributed by atoms with Gasteiger partial charge in [-0.05, 0) is 150 Å². The zero-order valence-electron chi connectivity index (χ0n) is 49.1. The first kappa shape index (κ1) is 51.1. The molecule has 5 heterocycles. The maximum Gasteiger partial charge on any atom is 0.269 e. The molecular weight excluding hydrogens is 1020 g/mol. The van der Waals surface area contributed by atoms with Crippen molar-refractivity contribution in [2.45, 2.75) is 78.6 Å². The monoisotopic (exact) mass is 1090 g/mol. The molecule has 0 amide bonds. The number of pyridine rings is 1. The number of hydrogen-bond donors (Lipinski definition) is 0. The lowest BCUT2D eigenvalue weighted by Gasteiger charge is -2.26. The molecule has 408 valence electrons. The summed E-state index contributed by atoms with van der Waals surface area (Å²) in [4.78, 5) is 4.97. The Balaban J connectivity index is 1.01. The molecule has 0 atom stereocenters. The Hall–Kier alpha value is -9.78. The normalized spacial score (nSPS) is 12.6. The molecule has 6 nitrogen and oxygen atoms in total. The van der Waals surface area contributed by atoms with E-state index in [0.29, 0.717) is 5.75 Å². The van der Waals surface area contributed by atoms with Crippen LogP contribution in [0.3, 0.4) is 0 Å². The highest BCUT2D eigenvalue weighted by atomic mass is 16.5. The van der Waals surface area contributed by atoms with Gasteiger partial charge in [-0.25, -0.2) is 4.98 Å². The number of ether oxygens (including phenoxy) is 1. The number of rotatable bonds is 6. The van der Waals surface area contributed by atoms with Crippen molar-refractivity contribution in [3.8, 4) is 78.9 Å². The fourth-order valence-corrected chi connectivity index (χ4v) is 13.0. The third-order valence-electron chi connectivity index (χ3n) is 17.3. The molecule has 0 unspecified atom stereocenters. The first-order valence-corrected chi connectivity index (χ1v) is 29.3. The Bertz CT molecular complexity index is 4920. The van der Waals surface area contributed by atoms with Gasteiger partial charge in [0.25, 0.3) is 6.33 Å². The lowest BCUT2D eigenvalue weighted by molar-refractivity contribution is -0.571. The van der Waals surface area contributed by atoms with E-state index in [1.54, 1.807) is 0 Å². The summed E-state index contributed by atoms with van der Waals surface area (Å²) in [5.41, 5.74) is 22.3. The number of nitrogens with zero attached hydrogens (tertiary/aromatic N) is 5. The van der Waals surface area contributed by atoms with Gasteiger partial charge in [-0.2, -0.15) is 0 Å². The lowest BCUT2D eigenvalue weighted by Crippen LogP contribution is -2.32. The Kier molecular flexibility index (Phi) is 11.5. The van der Waals surface area contributed by atoms with Crippen molar-refractivity contribution in [3.05, 3.63) is 254 Å². The van der Waals surface area contributed by atoms with E-state index in [2.05, 4.69) is 311 Å². The van der Waals surface area contributed by atoms with E-state index in [-0.39, 0.29) is 16.2 Å². The van der Waals surface area contributed by atoms with Crippen LogP contribution < -0.4 is 9.30 Å². The lowest BCUT2D eigenvalue weighted by atomic mass is 9.78. The molecule has 0 bridgehead atoms. The van der Waals surface area contributed by atoms with E-state index in [4.69, 9.17) is 9.72 Å². The van der Waals surface area contributed by atoms with Gasteiger partial charge in [-0.3, -0.25) is 13.7 Å². The quantitative estimate of drug-likeness (QED) is 0.123. The first-order chi connectivity index (χ1) is 40.5. The predicted octanol–water partition coefficient (Wildman–Crippen LogP) is 20.0. The molecule has 4 aromatic heterocycles. The second kappa shape index (κ2) is 18.9. The van der Waals surface area contributed by atoms with Gasteiger partial charge in [-0.1, -0.05) is 208 Å². The minimum atomic E-state index is -0.0856. The van der Waals surface area contributed by atoms with Crippen molar-refractivity contribution in [2.75, 3.05) is 0 Å². The highest BCUT2D eigenvalue weighted by molar-refractivity contribution is 6.11. The second-order valence-corrected chi connectivity index (χ2v) is 25.9. The van der Waals surface area contributed by atoms with Crippen LogP contribution in [-0.2, 0) is 16.2 Å². The highest BCUT2D eigenvalue weighted by Gasteiger charge is 2.30. The van der Waals surface area contributed by atoms with Gasteiger partial charge in [0.15, 0.2) is 0 Å². The topological polar surface area (TPSA) is 40.8 Å². The van der Waals surface area contributed by atoms with Crippen molar-refractivity contribution >= 4 is 54.6 Å². The summed E-state index contributed by atoms with van der Waals surface area (Å²) in [5, 5.41) is 4.72. The number of aromatic nitrogens is 5. The van der Waals surface area contributed by atoms with Crippen LogP contribution in [-0.4, -0.2) is 18.7 Å². The molecule has 0 radical (unpaired) electrons. The summed E-state index contributed by atoms with van der Waals surface area (Å²) in [5.74, 6) is 2.32. The molecule has 6 heteroatoms. The highest BCUT2D eigenvalue weighted by Crippen LogP contribution is 2.47. The van der Waals surface area contributed by atoms with E-state index in [1.165, 1.54) is 49.5 Å². The smallest absolute Gasteiger partial charge is 0.269 e. The van der Waals surface area contributed by atoms with Gasteiger partial charge in [0.2, 0.25) is 0 Å². The summed E-state index contributed by atoms with van der Waals surface area (Å²) in [6, 6.07) is 82.3. The zero-order chi connectivity index (χ0) is 57.4. The molecular formula is C78H65N5O. The van der Waals surface area contributed by atoms with E-state index in [1.807, 2.05) is 6.20 Å². The Morgan fingerprint density at radius 3 is 1.51 bits per heavy atom. The van der Waals surface area contributed by atoms with Crippen LogP contribution in [0.5, 0.6) is 11.5 Å². The van der Waals surface area contributed by atoms with Gasteiger partial charge >= 0.3 is 0 Å². The van der Waals surface area contributed by atoms with Crippen LogP contribution in [0.1, 0.15) is 79.0 Å². The molecule has 0 N–H and O–H groups in total. The molecule has 1 aliphatic rings. The third kappa shape index (κ3) is 8.29. The number of fused-ring (bicyclic) bond motifs is 13. The summed E-state index contributed by atoms with van der Waals surface area (Å²) in [7, 11) is 0. The van der Waals surface area contributed by atoms with Crippen LogP contribution in [0, 0.1) is 6.33 Å². The van der Waals surface area contributed by atoms with Crippen molar-refractivity contribution < 1.29 is 9.30 Å².